The van der Waals surface area contributed by atoms with Crippen molar-refractivity contribution >= 4 is 11.3 Å². The lowest BCUT2D eigenvalue weighted by molar-refractivity contribution is 0.0115. The van der Waals surface area contributed by atoms with E-state index in [0.29, 0.717) is 13.1 Å². The van der Waals surface area contributed by atoms with Crippen molar-refractivity contribution in [3.63, 3.8) is 0 Å². The van der Waals surface area contributed by atoms with Crippen LogP contribution in [0.5, 0.6) is 0 Å². The third kappa shape index (κ3) is 2.25. The molecule has 1 saturated heterocycles. The number of rotatable bonds is 2. The second-order valence-corrected chi connectivity index (χ2v) is 4.23. The van der Waals surface area contributed by atoms with E-state index in [4.69, 9.17) is 0 Å². The molecule has 0 unspecified atom stereocenters. The van der Waals surface area contributed by atoms with Crippen molar-refractivity contribution in [1.82, 2.24) is 4.90 Å². The van der Waals surface area contributed by atoms with Gasteiger partial charge in [0.2, 0.25) is 0 Å². The van der Waals surface area contributed by atoms with Crippen LogP contribution in [0.2, 0.25) is 0 Å². The lowest BCUT2D eigenvalue weighted by Gasteiger charge is -2.13. The van der Waals surface area contributed by atoms with E-state index in [0.717, 1.165) is 5.56 Å². The van der Waals surface area contributed by atoms with Crippen LogP contribution in [0.15, 0.2) is 16.8 Å². The minimum atomic E-state index is -2.46. The molecular weight excluding hydrogens is 192 g/mol. The maximum absolute atomic E-state index is 12.8. The van der Waals surface area contributed by atoms with Gasteiger partial charge in [0.25, 0.3) is 5.92 Å². The molecule has 0 atom stereocenters. The highest BCUT2D eigenvalue weighted by atomic mass is 32.1. The van der Waals surface area contributed by atoms with Gasteiger partial charge in [0.1, 0.15) is 0 Å². The number of nitrogens with zero attached hydrogens (tertiary/aromatic N) is 1. The van der Waals surface area contributed by atoms with Gasteiger partial charge in [-0.15, -0.1) is 0 Å². The largest absolute Gasteiger partial charge is 0.293 e. The quantitative estimate of drug-likeness (QED) is 0.714. The van der Waals surface area contributed by atoms with Gasteiger partial charge < -0.3 is 0 Å². The Bertz CT molecular complexity index is 271. The lowest BCUT2D eigenvalue weighted by Crippen LogP contribution is -2.24. The highest BCUT2D eigenvalue weighted by Crippen LogP contribution is 2.27. The molecule has 0 bridgehead atoms. The van der Waals surface area contributed by atoms with Crippen molar-refractivity contribution in [2.24, 2.45) is 0 Å². The van der Waals surface area contributed by atoms with Gasteiger partial charge in [0.15, 0.2) is 0 Å². The Hall–Kier alpha value is -0.480. The fraction of sp³-hybridized carbons (Fsp3) is 0.556. The molecule has 72 valence electrons. The predicted molar refractivity (Wildman–Crippen MR) is 49.2 cm³/mol. The van der Waals surface area contributed by atoms with Crippen LogP contribution in [-0.2, 0) is 6.54 Å². The zero-order valence-electron chi connectivity index (χ0n) is 7.17. The molecule has 4 heteroatoms. The summed E-state index contributed by atoms with van der Waals surface area (Å²) in [6.07, 6.45) is 0.0110. The zero-order chi connectivity index (χ0) is 9.31. The van der Waals surface area contributed by atoms with Crippen LogP contribution < -0.4 is 0 Å². The normalized spacial score (nSPS) is 22.3. The molecule has 0 spiro atoms. The highest BCUT2D eigenvalue weighted by molar-refractivity contribution is 7.07. The van der Waals surface area contributed by atoms with E-state index in [2.05, 4.69) is 0 Å². The van der Waals surface area contributed by atoms with Gasteiger partial charge in [0, 0.05) is 19.5 Å². The summed E-state index contributed by atoms with van der Waals surface area (Å²) in [5.74, 6) is -2.46. The van der Waals surface area contributed by atoms with Crippen molar-refractivity contribution in [2.45, 2.75) is 18.9 Å². The first-order valence-electron chi connectivity index (χ1n) is 4.27. The van der Waals surface area contributed by atoms with Gasteiger partial charge in [0.05, 0.1) is 6.54 Å². The van der Waals surface area contributed by atoms with Gasteiger partial charge in [-0.05, 0) is 22.4 Å². The Morgan fingerprint density at radius 3 is 2.92 bits per heavy atom. The van der Waals surface area contributed by atoms with Crippen molar-refractivity contribution < 1.29 is 8.78 Å². The second-order valence-electron chi connectivity index (χ2n) is 3.45. The summed E-state index contributed by atoms with van der Waals surface area (Å²) in [5.41, 5.74) is 1.14. The SMILES string of the molecule is FC1(F)CCN(Cc2ccsc2)C1. The van der Waals surface area contributed by atoms with Gasteiger partial charge in [-0.3, -0.25) is 4.90 Å². The number of alkyl halides is 2. The molecule has 1 nitrogen and oxygen atoms in total. The number of hydrogen-bond donors (Lipinski definition) is 0. The van der Waals surface area contributed by atoms with Crippen LogP contribution in [0.3, 0.4) is 0 Å². The summed E-state index contributed by atoms with van der Waals surface area (Å²) in [6, 6.07) is 1.99. The molecule has 0 aliphatic carbocycles. The molecule has 1 fully saturated rings. The van der Waals surface area contributed by atoms with Gasteiger partial charge in [-0.1, -0.05) is 0 Å². The molecule has 1 aliphatic rings. The van der Waals surface area contributed by atoms with Crippen LogP contribution in [0.1, 0.15) is 12.0 Å². The summed E-state index contributed by atoms with van der Waals surface area (Å²) in [6.45, 7) is 1.10. The average Bonchev–Trinajstić information content (AvgIpc) is 2.61. The first kappa shape index (κ1) is 9.09. The molecule has 0 radical (unpaired) electrons. The first-order valence-corrected chi connectivity index (χ1v) is 5.21. The molecule has 0 aromatic carbocycles. The van der Waals surface area contributed by atoms with E-state index < -0.39 is 5.92 Å². The first-order chi connectivity index (χ1) is 6.16. The summed E-state index contributed by atoms with van der Waals surface area (Å²) in [4.78, 5) is 1.81. The lowest BCUT2D eigenvalue weighted by atomic mass is 10.3. The molecule has 0 amide bonds. The van der Waals surface area contributed by atoms with E-state index in [1.807, 2.05) is 21.7 Å². The molecule has 1 aromatic heterocycles. The third-order valence-corrected chi connectivity index (χ3v) is 2.97. The molecule has 0 N–H and O–H groups in total. The smallest absolute Gasteiger partial charge is 0.261 e. The molecule has 13 heavy (non-hydrogen) atoms. The van der Waals surface area contributed by atoms with Gasteiger partial charge in [-0.25, -0.2) is 8.78 Å². The summed E-state index contributed by atoms with van der Waals surface area (Å²) in [7, 11) is 0. The topological polar surface area (TPSA) is 3.24 Å². The van der Waals surface area contributed by atoms with Crippen molar-refractivity contribution in [2.75, 3.05) is 13.1 Å². The number of likely N-dealkylation sites (tertiary alicyclic amines) is 1. The number of thiophene rings is 1. The summed E-state index contributed by atoms with van der Waals surface area (Å²) < 4.78 is 25.6. The van der Waals surface area contributed by atoms with Gasteiger partial charge in [-0.2, -0.15) is 11.3 Å². The molecule has 2 heterocycles. The fourth-order valence-corrected chi connectivity index (χ4v) is 2.24. The van der Waals surface area contributed by atoms with Crippen molar-refractivity contribution in [1.29, 1.82) is 0 Å². The van der Waals surface area contributed by atoms with E-state index >= 15 is 0 Å². The summed E-state index contributed by atoms with van der Waals surface area (Å²) >= 11 is 1.61. The van der Waals surface area contributed by atoms with E-state index in [1.165, 1.54) is 0 Å². The van der Waals surface area contributed by atoms with E-state index in [9.17, 15) is 8.78 Å². The molecule has 1 aromatic rings. The van der Waals surface area contributed by atoms with Crippen LogP contribution in [0.25, 0.3) is 0 Å². The van der Waals surface area contributed by atoms with Crippen LogP contribution in [-0.4, -0.2) is 23.9 Å². The minimum absolute atomic E-state index is 0.0110. The molecular formula is C9H11F2NS. The van der Waals surface area contributed by atoms with Crippen LogP contribution >= 0.6 is 11.3 Å². The van der Waals surface area contributed by atoms with Crippen molar-refractivity contribution in [3.8, 4) is 0 Å². The molecule has 1 aliphatic heterocycles. The Labute approximate surface area is 80.0 Å². The summed E-state index contributed by atoms with van der Waals surface area (Å²) in [5, 5.41) is 3.99. The maximum atomic E-state index is 12.8. The monoisotopic (exact) mass is 203 g/mol. The fourth-order valence-electron chi connectivity index (χ4n) is 1.58. The second kappa shape index (κ2) is 3.35. The van der Waals surface area contributed by atoms with Gasteiger partial charge >= 0.3 is 0 Å². The Morgan fingerprint density at radius 1 is 1.54 bits per heavy atom. The standard InChI is InChI=1S/C9H11F2NS/c10-9(11)2-3-12(7-9)5-8-1-4-13-6-8/h1,4,6H,2-3,5,7H2. The third-order valence-electron chi connectivity index (χ3n) is 2.24. The van der Waals surface area contributed by atoms with E-state index in [1.54, 1.807) is 11.3 Å². The molecule has 2 rings (SSSR count). The van der Waals surface area contributed by atoms with Crippen molar-refractivity contribution in [3.05, 3.63) is 22.4 Å². The maximum Gasteiger partial charge on any atom is 0.261 e. The van der Waals surface area contributed by atoms with Crippen LogP contribution in [0, 0.1) is 0 Å². The minimum Gasteiger partial charge on any atom is -0.293 e. The predicted octanol–water partition coefficient (Wildman–Crippen LogP) is 2.59. The van der Waals surface area contributed by atoms with E-state index in [-0.39, 0.29) is 13.0 Å². The average molecular weight is 203 g/mol. The Balaban J connectivity index is 1.91. The highest BCUT2D eigenvalue weighted by Gasteiger charge is 2.37. The number of halogens is 2. The number of hydrogen-bond acceptors (Lipinski definition) is 2. The Kier molecular flexibility index (Phi) is 2.34. The van der Waals surface area contributed by atoms with Crippen LogP contribution in [0.4, 0.5) is 8.78 Å². The zero-order valence-corrected chi connectivity index (χ0v) is 7.99. The molecule has 0 saturated carbocycles. The Morgan fingerprint density at radius 2 is 2.38 bits per heavy atom.